The van der Waals surface area contributed by atoms with Crippen LogP contribution in [0.1, 0.15) is 26.2 Å². The number of amides is 1. The molecule has 3 heteroatoms. The minimum atomic E-state index is 0.530. The largest absolute Gasteiger partial charge is 0.356 e. The van der Waals surface area contributed by atoms with Crippen LogP contribution in [0.4, 0.5) is 0 Å². The molecule has 0 aromatic heterocycles. The molecular formula is C10H20N2O. The zero-order valence-electron chi connectivity index (χ0n) is 8.62. The number of nitrogens with one attached hydrogen (secondary N) is 1. The molecule has 1 saturated heterocycles. The van der Waals surface area contributed by atoms with Crippen LogP contribution >= 0.6 is 0 Å². The van der Waals surface area contributed by atoms with Gasteiger partial charge in [0, 0.05) is 12.6 Å². The summed E-state index contributed by atoms with van der Waals surface area (Å²) in [4.78, 5) is 11.9. The van der Waals surface area contributed by atoms with Gasteiger partial charge in [0.1, 0.15) is 0 Å². The van der Waals surface area contributed by atoms with Crippen molar-refractivity contribution in [2.24, 2.45) is 5.92 Å². The lowest BCUT2D eigenvalue weighted by atomic mass is 10.2. The van der Waals surface area contributed by atoms with Gasteiger partial charge in [-0.15, -0.1) is 0 Å². The lowest BCUT2D eigenvalue weighted by Crippen LogP contribution is -2.12. The van der Waals surface area contributed by atoms with E-state index in [2.05, 4.69) is 24.2 Å². The zero-order chi connectivity index (χ0) is 9.68. The van der Waals surface area contributed by atoms with Crippen molar-refractivity contribution in [3.05, 3.63) is 0 Å². The highest BCUT2D eigenvalue weighted by molar-refractivity contribution is 5.47. The molecule has 2 rings (SSSR count). The van der Waals surface area contributed by atoms with Crippen molar-refractivity contribution < 1.29 is 4.79 Å². The molecule has 76 valence electrons. The van der Waals surface area contributed by atoms with Crippen molar-refractivity contribution in [1.29, 1.82) is 0 Å². The summed E-state index contributed by atoms with van der Waals surface area (Å²) in [7, 11) is 2.18. The Hall–Kier alpha value is -0.570. The first kappa shape index (κ1) is 10.5. The first-order valence-electron chi connectivity index (χ1n) is 5.10. The standard InChI is InChI=1S/C6H13N.C4H7NO/c1-6-3-4-7(2)5-6;6-3-5-4-1-2-4/h6H,3-5H2,1-2H3;3-4H,1-2H2,(H,5,6). The molecule has 1 amide bonds. The van der Waals surface area contributed by atoms with Gasteiger partial charge in [0.05, 0.1) is 0 Å². The van der Waals surface area contributed by atoms with E-state index in [9.17, 15) is 4.79 Å². The van der Waals surface area contributed by atoms with Crippen LogP contribution in [0.3, 0.4) is 0 Å². The van der Waals surface area contributed by atoms with Gasteiger partial charge in [-0.1, -0.05) is 6.92 Å². The lowest BCUT2D eigenvalue weighted by molar-refractivity contribution is -0.109. The van der Waals surface area contributed by atoms with E-state index >= 15 is 0 Å². The molecule has 0 radical (unpaired) electrons. The maximum atomic E-state index is 9.54. The van der Waals surface area contributed by atoms with Crippen molar-refractivity contribution >= 4 is 6.41 Å². The second kappa shape index (κ2) is 5.22. The Bertz CT molecular complexity index is 149. The van der Waals surface area contributed by atoms with Crippen molar-refractivity contribution in [1.82, 2.24) is 10.2 Å². The van der Waals surface area contributed by atoms with Crippen molar-refractivity contribution in [3.63, 3.8) is 0 Å². The van der Waals surface area contributed by atoms with Crippen molar-refractivity contribution in [2.75, 3.05) is 20.1 Å². The molecular weight excluding hydrogens is 164 g/mol. The third-order valence-electron chi connectivity index (χ3n) is 2.51. The molecule has 1 aliphatic heterocycles. The average Bonchev–Trinajstić information content (AvgIpc) is 2.80. The highest BCUT2D eigenvalue weighted by Crippen LogP contribution is 2.17. The summed E-state index contributed by atoms with van der Waals surface area (Å²) >= 11 is 0. The fourth-order valence-corrected chi connectivity index (χ4v) is 1.50. The van der Waals surface area contributed by atoms with E-state index in [1.807, 2.05) is 0 Å². The molecule has 0 aromatic rings. The van der Waals surface area contributed by atoms with Gasteiger partial charge >= 0.3 is 0 Å². The molecule has 1 N–H and O–H groups in total. The normalized spacial score (nSPS) is 27.7. The highest BCUT2D eigenvalue weighted by atomic mass is 16.1. The van der Waals surface area contributed by atoms with Gasteiger partial charge in [-0.05, 0) is 38.8 Å². The van der Waals surface area contributed by atoms with Crippen LogP contribution in [0.5, 0.6) is 0 Å². The van der Waals surface area contributed by atoms with E-state index in [4.69, 9.17) is 0 Å². The number of nitrogens with zero attached hydrogens (tertiary/aromatic N) is 1. The van der Waals surface area contributed by atoms with Crippen LogP contribution in [0.2, 0.25) is 0 Å². The Morgan fingerprint density at radius 1 is 1.38 bits per heavy atom. The van der Waals surface area contributed by atoms with Gasteiger partial charge in [0.25, 0.3) is 0 Å². The second-order valence-corrected chi connectivity index (χ2v) is 4.21. The molecule has 1 unspecified atom stereocenters. The Kier molecular flexibility index (Phi) is 4.22. The van der Waals surface area contributed by atoms with E-state index in [0.717, 1.165) is 12.3 Å². The fraction of sp³-hybridized carbons (Fsp3) is 0.900. The first-order valence-corrected chi connectivity index (χ1v) is 5.10. The van der Waals surface area contributed by atoms with E-state index in [1.165, 1.54) is 32.4 Å². The molecule has 3 nitrogen and oxygen atoms in total. The van der Waals surface area contributed by atoms with Gasteiger partial charge in [0.2, 0.25) is 6.41 Å². The molecule has 2 aliphatic rings. The van der Waals surface area contributed by atoms with Gasteiger partial charge in [-0.25, -0.2) is 0 Å². The molecule has 1 saturated carbocycles. The molecule has 13 heavy (non-hydrogen) atoms. The van der Waals surface area contributed by atoms with Crippen LogP contribution in [-0.4, -0.2) is 37.5 Å². The summed E-state index contributed by atoms with van der Waals surface area (Å²) in [5, 5.41) is 2.64. The first-order chi connectivity index (χ1) is 6.22. The molecule has 2 fully saturated rings. The molecule has 0 aromatic carbocycles. The summed E-state index contributed by atoms with van der Waals surface area (Å²) < 4.78 is 0. The number of likely N-dealkylation sites (tertiary alicyclic amines) is 1. The molecule has 1 aliphatic carbocycles. The maximum absolute atomic E-state index is 9.54. The number of hydrogen-bond donors (Lipinski definition) is 1. The van der Waals surface area contributed by atoms with Crippen LogP contribution in [0.15, 0.2) is 0 Å². The number of carbonyl (C=O) groups excluding carboxylic acids is 1. The summed E-state index contributed by atoms with van der Waals surface area (Å²) in [5.74, 6) is 0.949. The maximum Gasteiger partial charge on any atom is 0.207 e. The van der Waals surface area contributed by atoms with Gasteiger partial charge < -0.3 is 10.2 Å². The number of rotatable bonds is 2. The van der Waals surface area contributed by atoms with E-state index < -0.39 is 0 Å². The van der Waals surface area contributed by atoms with E-state index in [1.54, 1.807) is 0 Å². The minimum absolute atomic E-state index is 0.530. The molecule has 1 atom stereocenters. The SMILES string of the molecule is CC1CCN(C)C1.O=CNC1CC1. The number of hydrogen-bond acceptors (Lipinski definition) is 2. The minimum Gasteiger partial charge on any atom is -0.356 e. The second-order valence-electron chi connectivity index (χ2n) is 4.21. The Labute approximate surface area is 80.5 Å². The molecule has 0 bridgehead atoms. The van der Waals surface area contributed by atoms with Crippen molar-refractivity contribution in [2.45, 2.75) is 32.2 Å². The topological polar surface area (TPSA) is 32.3 Å². The van der Waals surface area contributed by atoms with Gasteiger partial charge in [-0.3, -0.25) is 4.79 Å². The van der Waals surface area contributed by atoms with Crippen LogP contribution < -0.4 is 5.32 Å². The summed E-state index contributed by atoms with van der Waals surface area (Å²) in [6.45, 7) is 4.92. The fourth-order valence-electron chi connectivity index (χ4n) is 1.50. The van der Waals surface area contributed by atoms with Gasteiger partial charge in [0.15, 0.2) is 0 Å². The molecule has 0 spiro atoms. The van der Waals surface area contributed by atoms with Crippen LogP contribution in [0.25, 0.3) is 0 Å². The number of carbonyl (C=O) groups is 1. The molecule has 1 heterocycles. The van der Waals surface area contributed by atoms with E-state index in [-0.39, 0.29) is 0 Å². The third kappa shape index (κ3) is 4.88. The highest BCUT2D eigenvalue weighted by Gasteiger charge is 2.18. The Balaban J connectivity index is 0.000000132. The van der Waals surface area contributed by atoms with Gasteiger partial charge in [-0.2, -0.15) is 0 Å². The lowest BCUT2D eigenvalue weighted by Gasteiger charge is -2.03. The summed E-state index contributed by atoms with van der Waals surface area (Å²) in [6, 6.07) is 0.530. The van der Waals surface area contributed by atoms with E-state index in [0.29, 0.717) is 6.04 Å². The Morgan fingerprint density at radius 3 is 2.23 bits per heavy atom. The smallest absolute Gasteiger partial charge is 0.207 e. The summed E-state index contributed by atoms with van der Waals surface area (Å²) in [6.07, 6.45) is 4.52. The third-order valence-corrected chi connectivity index (χ3v) is 2.51. The predicted octanol–water partition coefficient (Wildman–Crippen LogP) is 0.853. The predicted molar refractivity (Wildman–Crippen MR) is 53.5 cm³/mol. The quantitative estimate of drug-likeness (QED) is 0.645. The monoisotopic (exact) mass is 184 g/mol. The summed E-state index contributed by atoms with van der Waals surface area (Å²) in [5.41, 5.74) is 0. The van der Waals surface area contributed by atoms with Crippen LogP contribution in [0, 0.1) is 5.92 Å². The average molecular weight is 184 g/mol. The van der Waals surface area contributed by atoms with Crippen molar-refractivity contribution in [3.8, 4) is 0 Å². The Morgan fingerprint density at radius 2 is 2.08 bits per heavy atom. The zero-order valence-corrected chi connectivity index (χ0v) is 8.62. The van der Waals surface area contributed by atoms with Crippen LogP contribution in [-0.2, 0) is 4.79 Å².